The zero-order valence-corrected chi connectivity index (χ0v) is 12.5. The van der Waals surface area contributed by atoms with E-state index in [0.29, 0.717) is 12.0 Å². The number of carbonyl (C=O) groups excluding carboxylic acids is 1. The number of amides is 1. The Morgan fingerprint density at radius 2 is 2.00 bits per heavy atom. The molecule has 0 aliphatic heterocycles. The van der Waals surface area contributed by atoms with E-state index in [2.05, 4.69) is 31.0 Å². The van der Waals surface area contributed by atoms with Gasteiger partial charge in [-0.1, -0.05) is 25.7 Å². The first-order valence-corrected chi connectivity index (χ1v) is 7.13. The van der Waals surface area contributed by atoms with E-state index in [1.807, 2.05) is 19.1 Å². The lowest BCUT2D eigenvalue weighted by Crippen LogP contribution is -2.33. The number of hydrogen-bond acceptors (Lipinski definition) is 2. The maximum atomic E-state index is 12.2. The first-order chi connectivity index (χ1) is 9.60. The van der Waals surface area contributed by atoms with Gasteiger partial charge >= 0.3 is 0 Å². The van der Waals surface area contributed by atoms with E-state index < -0.39 is 0 Å². The Hall–Kier alpha value is -1.79. The Morgan fingerprint density at radius 1 is 1.30 bits per heavy atom. The fourth-order valence-corrected chi connectivity index (χ4v) is 1.97. The molecule has 1 aromatic rings. The predicted octanol–water partition coefficient (Wildman–Crippen LogP) is 2.65. The Kier molecular flexibility index (Phi) is 6.83. The minimum Gasteiger partial charge on any atom is -0.395 e. The van der Waals surface area contributed by atoms with E-state index in [1.165, 1.54) is 0 Å². The van der Waals surface area contributed by atoms with Crippen molar-refractivity contribution >= 4 is 5.91 Å². The third-order valence-corrected chi connectivity index (χ3v) is 3.13. The van der Waals surface area contributed by atoms with Crippen LogP contribution in [0.1, 0.15) is 54.6 Å². The van der Waals surface area contributed by atoms with Crippen molar-refractivity contribution in [2.45, 2.75) is 46.1 Å². The summed E-state index contributed by atoms with van der Waals surface area (Å²) in [5.74, 6) is 5.80. The van der Waals surface area contributed by atoms with Gasteiger partial charge in [0.1, 0.15) is 0 Å². The van der Waals surface area contributed by atoms with Crippen molar-refractivity contribution in [2.75, 3.05) is 6.61 Å². The number of benzene rings is 1. The molecule has 0 bridgehead atoms. The molecule has 0 saturated heterocycles. The lowest BCUT2D eigenvalue weighted by atomic mass is 10.0. The smallest absolute Gasteiger partial charge is 0.251 e. The lowest BCUT2D eigenvalue weighted by molar-refractivity contribution is 0.0934. The molecule has 3 nitrogen and oxygen atoms in total. The van der Waals surface area contributed by atoms with Gasteiger partial charge in [-0.25, -0.2) is 0 Å². The summed E-state index contributed by atoms with van der Waals surface area (Å²) in [7, 11) is 0. The molecular formula is C17H23NO2. The fraction of sp³-hybridized carbons (Fsp3) is 0.471. The largest absolute Gasteiger partial charge is 0.395 e. The van der Waals surface area contributed by atoms with Gasteiger partial charge in [-0.2, -0.15) is 0 Å². The summed E-state index contributed by atoms with van der Waals surface area (Å²) in [5.41, 5.74) is 2.47. The Bertz CT molecular complexity index is 507. The highest BCUT2D eigenvalue weighted by Gasteiger charge is 2.11. The van der Waals surface area contributed by atoms with Crippen LogP contribution in [0.4, 0.5) is 0 Å². The van der Waals surface area contributed by atoms with Gasteiger partial charge < -0.3 is 10.4 Å². The minimum absolute atomic E-state index is 0.0485. The van der Waals surface area contributed by atoms with Crippen molar-refractivity contribution in [3.63, 3.8) is 0 Å². The molecular weight excluding hydrogens is 250 g/mol. The monoisotopic (exact) mass is 273 g/mol. The SMILES string of the molecule is CCC(CC)NC(=O)c1cc(C)cc(C#CCCO)c1. The molecule has 0 radical (unpaired) electrons. The summed E-state index contributed by atoms with van der Waals surface area (Å²) in [6.07, 6.45) is 2.30. The zero-order valence-electron chi connectivity index (χ0n) is 12.5. The van der Waals surface area contributed by atoms with E-state index in [0.717, 1.165) is 24.0 Å². The number of hydrogen-bond donors (Lipinski definition) is 2. The summed E-state index contributed by atoms with van der Waals surface area (Å²) in [5, 5.41) is 11.8. The molecule has 108 valence electrons. The van der Waals surface area contributed by atoms with Crippen LogP contribution in [0.25, 0.3) is 0 Å². The molecule has 3 heteroatoms. The van der Waals surface area contributed by atoms with E-state index in [4.69, 9.17) is 5.11 Å². The molecule has 0 spiro atoms. The van der Waals surface area contributed by atoms with Crippen LogP contribution in [-0.4, -0.2) is 23.7 Å². The molecule has 0 heterocycles. The highest BCUT2D eigenvalue weighted by atomic mass is 16.2. The van der Waals surface area contributed by atoms with Crippen LogP contribution >= 0.6 is 0 Å². The summed E-state index contributed by atoms with van der Waals surface area (Å²) in [4.78, 5) is 12.2. The summed E-state index contributed by atoms with van der Waals surface area (Å²) < 4.78 is 0. The number of aliphatic hydroxyl groups excluding tert-OH is 1. The van der Waals surface area contributed by atoms with Gasteiger partial charge in [0.05, 0.1) is 6.61 Å². The molecule has 20 heavy (non-hydrogen) atoms. The fourth-order valence-electron chi connectivity index (χ4n) is 1.97. The molecule has 2 N–H and O–H groups in total. The first kappa shape index (κ1) is 16.3. The number of carbonyl (C=O) groups is 1. The molecule has 0 aliphatic carbocycles. The predicted molar refractivity (Wildman–Crippen MR) is 81.6 cm³/mol. The maximum Gasteiger partial charge on any atom is 0.251 e. The van der Waals surface area contributed by atoms with Crippen molar-refractivity contribution in [1.29, 1.82) is 0 Å². The third-order valence-electron chi connectivity index (χ3n) is 3.13. The highest BCUT2D eigenvalue weighted by Crippen LogP contribution is 2.10. The van der Waals surface area contributed by atoms with Crippen LogP contribution in [0.15, 0.2) is 18.2 Å². The number of nitrogens with one attached hydrogen (secondary N) is 1. The Labute approximate surface area is 121 Å². The Balaban J connectivity index is 2.90. The van der Waals surface area contributed by atoms with Crippen LogP contribution in [0, 0.1) is 18.8 Å². The van der Waals surface area contributed by atoms with Gasteiger partial charge in [-0.05, 0) is 43.5 Å². The van der Waals surface area contributed by atoms with Crippen molar-refractivity contribution in [1.82, 2.24) is 5.32 Å². The lowest BCUT2D eigenvalue weighted by Gasteiger charge is -2.15. The second-order valence-corrected chi connectivity index (χ2v) is 4.85. The highest BCUT2D eigenvalue weighted by molar-refractivity contribution is 5.95. The molecule has 1 rings (SSSR count). The average molecular weight is 273 g/mol. The quantitative estimate of drug-likeness (QED) is 0.810. The second-order valence-electron chi connectivity index (χ2n) is 4.85. The summed E-state index contributed by atoms with van der Waals surface area (Å²) in [6.45, 7) is 6.14. The van der Waals surface area contributed by atoms with Gasteiger partial charge in [-0.3, -0.25) is 4.79 Å². The topological polar surface area (TPSA) is 49.3 Å². The summed E-state index contributed by atoms with van der Waals surface area (Å²) in [6, 6.07) is 5.83. The normalized spacial score (nSPS) is 10.1. The molecule has 0 aliphatic rings. The van der Waals surface area contributed by atoms with Crippen molar-refractivity contribution in [2.24, 2.45) is 0 Å². The standard InChI is InChI=1S/C17H23NO2/c1-4-16(5-2)18-17(20)15-11-13(3)10-14(12-15)8-6-7-9-19/h10-12,16,19H,4-5,7,9H2,1-3H3,(H,18,20). The van der Waals surface area contributed by atoms with Gasteiger partial charge in [0.2, 0.25) is 0 Å². The van der Waals surface area contributed by atoms with Crippen molar-refractivity contribution in [3.8, 4) is 11.8 Å². The molecule has 0 aromatic heterocycles. The molecule has 0 fully saturated rings. The molecule has 0 unspecified atom stereocenters. The van der Waals surface area contributed by atoms with Gasteiger partial charge in [0, 0.05) is 23.6 Å². The second kappa shape index (κ2) is 8.39. The van der Waals surface area contributed by atoms with Crippen LogP contribution in [0.2, 0.25) is 0 Å². The van der Waals surface area contributed by atoms with Gasteiger partial charge in [0.25, 0.3) is 5.91 Å². The molecule has 1 amide bonds. The number of rotatable bonds is 5. The maximum absolute atomic E-state index is 12.2. The molecule has 0 atom stereocenters. The van der Waals surface area contributed by atoms with E-state index in [1.54, 1.807) is 6.07 Å². The van der Waals surface area contributed by atoms with Crippen molar-refractivity contribution in [3.05, 3.63) is 34.9 Å². The van der Waals surface area contributed by atoms with Gasteiger partial charge in [0.15, 0.2) is 0 Å². The van der Waals surface area contributed by atoms with Crippen LogP contribution < -0.4 is 5.32 Å². The number of aliphatic hydroxyl groups is 1. The minimum atomic E-state index is -0.0485. The van der Waals surface area contributed by atoms with E-state index in [9.17, 15) is 4.79 Å². The molecule has 1 aromatic carbocycles. The average Bonchev–Trinajstić information content (AvgIpc) is 2.44. The zero-order chi connectivity index (χ0) is 15.0. The first-order valence-electron chi connectivity index (χ1n) is 7.13. The van der Waals surface area contributed by atoms with Crippen LogP contribution in [-0.2, 0) is 0 Å². The Morgan fingerprint density at radius 3 is 2.60 bits per heavy atom. The molecule has 0 saturated carbocycles. The van der Waals surface area contributed by atoms with E-state index >= 15 is 0 Å². The van der Waals surface area contributed by atoms with E-state index in [-0.39, 0.29) is 18.6 Å². The van der Waals surface area contributed by atoms with Crippen LogP contribution in [0.3, 0.4) is 0 Å². The summed E-state index contributed by atoms with van der Waals surface area (Å²) >= 11 is 0. The third kappa shape index (κ3) is 5.07. The van der Waals surface area contributed by atoms with Crippen LogP contribution in [0.5, 0.6) is 0 Å². The number of aryl methyl sites for hydroxylation is 1. The van der Waals surface area contributed by atoms with Gasteiger partial charge in [-0.15, -0.1) is 0 Å². The van der Waals surface area contributed by atoms with Crippen molar-refractivity contribution < 1.29 is 9.90 Å².